The van der Waals surface area contributed by atoms with Crippen LogP contribution < -0.4 is 4.90 Å². The minimum Gasteiger partial charge on any atom is -0.383 e. The minimum absolute atomic E-state index is 0.325. The quantitative estimate of drug-likeness (QED) is 0.710. The first-order valence-electron chi connectivity index (χ1n) is 5.95. The maximum atomic E-state index is 10.7. The highest BCUT2D eigenvalue weighted by atomic mass is 16.5. The SMILES string of the molecule is CCN(c1ccc(C=O)cc1C)C(C)COC. The molecule has 1 unspecified atom stereocenters. The largest absolute Gasteiger partial charge is 0.383 e. The highest BCUT2D eigenvalue weighted by Crippen LogP contribution is 2.22. The second kappa shape index (κ2) is 6.40. The highest BCUT2D eigenvalue weighted by Gasteiger charge is 2.14. The molecule has 1 aromatic carbocycles. The number of hydrogen-bond acceptors (Lipinski definition) is 3. The van der Waals surface area contributed by atoms with Crippen molar-refractivity contribution in [3.63, 3.8) is 0 Å². The molecule has 0 N–H and O–H groups in total. The van der Waals surface area contributed by atoms with Gasteiger partial charge in [-0.1, -0.05) is 0 Å². The summed E-state index contributed by atoms with van der Waals surface area (Å²) in [5, 5.41) is 0. The van der Waals surface area contributed by atoms with Gasteiger partial charge in [0.05, 0.1) is 6.61 Å². The number of ether oxygens (including phenoxy) is 1. The van der Waals surface area contributed by atoms with Crippen LogP contribution in [0.5, 0.6) is 0 Å². The predicted octanol–water partition coefficient (Wildman–Crippen LogP) is 2.67. The number of aryl methyl sites for hydroxylation is 1. The molecule has 0 amide bonds. The Morgan fingerprint density at radius 2 is 2.18 bits per heavy atom. The molecule has 0 saturated carbocycles. The van der Waals surface area contributed by atoms with Crippen LogP contribution in [0, 0.1) is 6.92 Å². The van der Waals surface area contributed by atoms with Gasteiger partial charge in [-0.3, -0.25) is 4.79 Å². The van der Waals surface area contributed by atoms with Crippen LogP contribution in [0.4, 0.5) is 5.69 Å². The van der Waals surface area contributed by atoms with Crippen molar-refractivity contribution in [2.24, 2.45) is 0 Å². The molecule has 1 aromatic rings. The lowest BCUT2D eigenvalue weighted by molar-refractivity contribution is 0.112. The van der Waals surface area contributed by atoms with Crippen molar-refractivity contribution >= 4 is 12.0 Å². The number of hydrogen-bond donors (Lipinski definition) is 0. The summed E-state index contributed by atoms with van der Waals surface area (Å²) in [5.74, 6) is 0. The first-order chi connectivity index (χ1) is 8.13. The molecule has 0 heterocycles. The number of aldehydes is 1. The van der Waals surface area contributed by atoms with Gasteiger partial charge >= 0.3 is 0 Å². The Hall–Kier alpha value is -1.35. The van der Waals surface area contributed by atoms with Gasteiger partial charge in [-0.2, -0.15) is 0 Å². The van der Waals surface area contributed by atoms with E-state index in [1.807, 2.05) is 25.1 Å². The Morgan fingerprint density at radius 1 is 1.47 bits per heavy atom. The van der Waals surface area contributed by atoms with Gasteiger partial charge in [-0.25, -0.2) is 0 Å². The second-order valence-corrected chi connectivity index (χ2v) is 4.25. The maximum Gasteiger partial charge on any atom is 0.150 e. The summed E-state index contributed by atoms with van der Waals surface area (Å²) in [6.07, 6.45) is 0.881. The van der Waals surface area contributed by atoms with Crippen LogP contribution in [0.2, 0.25) is 0 Å². The van der Waals surface area contributed by atoms with E-state index in [-0.39, 0.29) is 0 Å². The van der Waals surface area contributed by atoms with Crippen molar-refractivity contribution in [3.8, 4) is 0 Å². The monoisotopic (exact) mass is 235 g/mol. The molecular formula is C14H21NO2. The number of carbonyl (C=O) groups excluding carboxylic acids is 1. The lowest BCUT2D eigenvalue weighted by Gasteiger charge is -2.31. The van der Waals surface area contributed by atoms with Gasteiger partial charge in [-0.05, 0) is 44.5 Å². The summed E-state index contributed by atoms with van der Waals surface area (Å²) < 4.78 is 5.19. The number of rotatable bonds is 6. The molecule has 0 aromatic heterocycles. The molecule has 0 aliphatic carbocycles. The van der Waals surface area contributed by atoms with E-state index in [0.29, 0.717) is 12.6 Å². The van der Waals surface area contributed by atoms with Gasteiger partial charge in [0.25, 0.3) is 0 Å². The molecule has 0 spiro atoms. The van der Waals surface area contributed by atoms with Gasteiger partial charge < -0.3 is 9.64 Å². The molecule has 17 heavy (non-hydrogen) atoms. The third-order valence-corrected chi connectivity index (χ3v) is 2.95. The van der Waals surface area contributed by atoms with E-state index in [1.165, 1.54) is 5.69 Å². The molecule has 0 saturated heterocycles. The van der Waals surface area contributed by atoms with E-state index >= 15 is 0 Å². The summed E-state index contributed by atoms with van der Waals surface area (Å²) in [6.45, 7) is 7.92. The zero-order chi connectivity index (χ0) is 12.8. The average Bonchev–Trinajstić information content (AvgIpc) is 2.32. The number of anilines is 1. The van der Waals surface area contributed by atoms with Gasteiger partial charge in [-0.15, -0.1) is 0 Å². The van der Waals surface area contributed by atoms with Crippen molar-refractivity contribution in [1.82, 2.24) is 0 Å². The second-order valence-electron chi connectivity index (χ2n) is 4.25. The number of likely N-dealkylation sites (N-methyl/N-ethyl adjacent to an activating group) is 1. The third kappa shape index (κ3) is 3.30. The normalized spacial score (nSPS) is 12.2. The fourth-order valence-corrected chi connectivity index (χ4v) is 2.12. The van der Waals surface area contributed by atoms with Gasteiger partial charge in [0.1, 0.15) is 6.29 Å². The first-order valence-corrected chi connectivity index (χ1v) is 5.95. The molecule has 0 bridgehead atoms. The van der Waals surface area contributed by atoms with Crippen LogP contribution in [0.25, 0.3) is 0 Å². The lowest BCUT2D eigenvalue weighted by atomic mass is 10.1. The molecule has 1 rings (SSSR count). The summed E-state index contributed by atoms with van der Waals surface area (Å²) >= 11 is 0. The fraction of sp³-hybridized carbons (Fsp3) is 0.500. The molecule has 0 aliphatic heterocycles. The Balaban J connectivity index is 2.99. The summed E-state index contributed by atoms with van der Waals surface area (Å²) in [6, 6.07) is 6.11. The Labute approximate surface area is 103 Å². The molecule has 1 atom stereocenters. The van der Waals surface area contributed by atoms with Crippen LogP contribution in [0.15, 0.2) is 18.2 Å². The molecule has 3 heteroatoms. The third-order valence-electron chi connectivity index (χ3n) is 2.95. The van der Waals surface area contributed by atoms with E-state index in [4.69, 9.17) is 4.74 Å². The van der Waals surface area contributed by atoms with Crippen LogP contribution >= 0.6 is 0 Å². The standard InChI is InChI=1S/C14H21NO2/c1-5-15(12(3)10-17-4)14-7-6-13(9-16)8-11(14)2/h6-9,12H,5,10H2,1-4H3. The van der Waals surface area contributed by atoms with Crippen molar-refractivity contribution in [2.75, 3.05) is 25.2 Å². The summed E-state index contributed by atoms with van der Waals surface area (Å²) in [7, 11) is 1.71. The fourth-order valence-electron chi connectivity index (χ4n) is 2.12. The number of benzene rings is 1. The molecule has 0 radical (unpaired) electrons. The number of nitrogens with zero attached hydrogens (tertiary/aromatic N) is 1. The topological polar surface area (TPSA) is 29.5 Å². The zero-order valence-corrected chi connectivity index (χ0v) is 11.1. The average molecular weight is 235 g/mol. The molecule has 94 valence electrons. The Morgan fingerprint density at radius 3 is 2.65 bits per heavy atom. The van der Waals surface area contributed by atoms with E-state index in [0.717, 1.165) is 24.0 Å². The van der Waals surface area contributed by atoms with E-state index in [2.05, 4.69) is 18.7 Å². The van der Waals surface area contributed by atoms with Crippen LogP contribution in [-0.4, -0.2) is 32.6 Å². The molecule has 3 nitrogen and oxygen atoms in total. The number of methoxy groups -OCH3 is 1. The highest BCUT2D eigenvalue weighted by molar-refractivity contribution is 5.77. The first kappa shape index (κ1) is 13.7. The Bertz CT molecular complexity index is 376. The molecular weight excluding hydrogens is 214 g/mol. The van der Waals surface area contributed by atoms with E-state index in [9.17, 15) is 4.79 Å². The van der Waals surface area contributed by atoms with E-state index in [1.54, 1.807) is 7.11 Å². The van der Waals surface area contributed by atoms with Crippen molar-refractivity contribution in [1.29, 1.82) is 0 Å². The van der Waals surface area contributed by atoms with E-state index < -0.39 is 0 Å². The molecule has 0 fully saturated rings. The zero-order valence-electron chi connectivity index (χ0n) is 11.1. The molecule has 0 aliphatic rings. The van der Waals surface area contributed by atoms with Crippen molar-refractivity contribution in [2.45, 2.75) is 26.8 Å². The summed E-state index contributed by atoms with van der Waals surface area (Å²) in [5.41, 5.74) is 3.02. The number of carbonyl (C=O) groups is 1. The van der Waals surface area contributed by atoms with Crippen LogP contribution in [-0.2, 0) is 4.74 Å². The van der Waals surface area contributed by atoms with Gasteiger partial charge in [0.2, 0.25) is 0 Å². The summed E-state index contributed by atoms with van der Waals surface area (Å²) in [4.78, 5) is 13.0. The van der Waals surface area contributed by atoms with Gasteiger partial charge in [0.15, 0.2) is 0 Å². The van der Waals surface area contributed by atoms with Crippen molar-refractivity contribution in [3.05, 3.63) is 29.3 Å². The van der Waals surface area contributed by atoms with Gasteiger partial charge in [0, 0.05) is 30.9 Å². The smallest absolute Gasteiger partial charge is 0.150 e. The minimum atomic E-state index is 0.325. The maximum absolute atomic E-state index is 10.7. The van der Waals surface area contributed by atoms with Crippen molar-refractivity contribution < 1.29 is 9.53 Å². The predicted molar refractivity (Wildman–Crippen MR) is 70.9 cm³/mol. The van der Waals surface area contributed by atoms with Crippen LogP contribution in [0.3, 0.4) is 0 Å². The van der Waals surface area contributed by atoms with Crippen LogP contribution in [0.1, 0.15) is 29.8 Å². The Kier molecular flexibility index (Phi) is 5.16. The lowest BCUT2D eigenvalue weighted by Crippen LogP contribution is -2.36.